The summed E-state index contributed by atoms with van der Waals surface area (Å²) in [5.74, 6) is 0.959. The lowest BCUT2D eigenvalue weighted by Crippen LogP contribution is -2.54. The van der Waals surface area contributed by atoms with Crippen molar-refractivity contribution in [1.29, 1.82) is 0 Å². The Bertz CT molecular complexity index is 390. The van der Waals surface area contributed by atoms with Gasteiger partial charge in [0.2, 0.25) is 0 Å². The summed E-state index contributed by atoms with van der Waals surface area (Å²) >= 11 is 0. The summed E-state index contributed by atoms with van der Waals surface area (Å²) in [7, 11) is 4.68. The molecule has 22 heavy (non-hydrogen) atoms. The van der Waals surface area contributed by atoms with Crippen LogP contribution >= 0.6 is 0 Å². The van der Waals surface area contributed by atoms with Gasteiger partial charge in [-0.25, -0.2) is 0 Å². The van der Waals surface area contributed by atoms with Gasteiger partial charge in [0.1, 0.15) is 6.23 Å². The minimum Gasteiger partial charge on any atom is -0.362 e. The monoisotopic (exact) mass is 305 g/mol. The molecule has 2 saturated heterocycles. The maximum absolute atomic E-state index is 5.67. The molecule has 1 unspecified atom stereocenters. The fourth-order valence-electron chi connectivity index (χ4n) is 5.93. The topological polar surface area (TPSA) is 15.7 Å². The predicted octanol–water partition coefficient (Wildman–Crippen LogP) is 3.30. The van der Waals surface area contributed by atoms with Crippen LogP contribution in [-0.4, -0.2) is 55.4 Å². The standard InChI is InChI=1S/C19H33N2O/c1-20(2)19(16-5-3-4-6-16)10-8-18(9-11-19)12-13-21(15-18)17-7-14-22-17/h7,16-17H,3-6,8-15H2,1-2H3. The van der Waals surface area contributed by atoms with Crippen molar-refractivity contribution in [2.45, 2.75) is 69.6 Å². The normalized spacial score (nSPS) is 44.0. The highest BCUT2D eigenvalue weighted by atomic mass is 16.5. The van der Waals surface area contributed by atoms with Gasteiger partial charge < -0.3 is 9.64 Å². The second-order valence-electron chi connectivity index (χ2n) is 8.66. The zero-order chi connectivity index (χ0) is 15.2. The lowest BCUT2D eigenvalue weighted by molar-refractivity contribution is -0.0926. The highest BCUT2D eigenvalue weighted by Crippen LogP contribution is 2.53. The zero-order valence-corrected chi connectivity index (χ0v) is 14.5. The van der Waals surface area contributed by atoms with Crippen molar-refractivity contribution >= 4 is 0 Å². The molecule has 4 rings (SSSR count). The molecule has 1 radical (unpaired) electrons. The Kier molecular flexibility index (Phi) is 4.03. The fourth-order valence-corrected chi connectivity index (χ4v) is 5.93. The first-order chi connectivity index (χ1) is 10.6. The molecule has 2 saturated carbocycles. The van der Waals surface area contributed by atoms with Crippen LogP contribution in [0, 0.1) is 17.8 Å². The highest BCUT2D eigenvalue weighted by Gasteiger charge is 2.51. The summed E-state index contributed by atoms with van der Waals surface area (Å²) in [6.07, 6.45) is 15.7. The maximum Gasteiger partial charge on any atom is 0.116 e. The van der Waals surface area contributed by atoms with Crippen molar-refractivity contribution in [3.63, 3.8) is 0 Å². The highest BCUT2D eigenvalue weighted by molar-refractivity contribution is 5.06. The molecule has 2 aliphatic heterocycles. The first kappa shape index (κ1) is 15.4. The zero-order valence-electron chi connectivity index (χ0n) is 14.5. The van der Waals surface area contributed by atoms with E-state index in [1.54, 1.807) is 0 Å². The van der Waals surface area contributed by atoms with E-state index in [9.17, 15) is 0 Å². The lowest BCUT2D eigenvalue weighted by Gasteiger charge is -2.52. The van der Waals surface area contributed by atoms with Gasteiger partial charge in [-0.2, -0.15) is 0 Å². The van der Waals surface area contributed by atoms with E-state index in [4.69, 9.17) is 4.74 Å². The molecular formula is C19H33N2O. The van der Waals surface area contributed by atoms with Gasteiger partial charge in [-0.1, -0.05) is 12.8 Å². The molecule has 3 heteroatoms. The number of hydrogen-bond acceptors (Lipinski definition) is 3. The minimum atomic E-state index is 0.342. The number of likely N-dealkylation sites (tertiary alicyclic amines) is 1. The SMILES string of the molecule is CN(C)C1(C2CCCC2)CCC2(CCN(C3[CH]CO3)C2)CC1. The summed E-state index contributed by atoms with van der Waals surface area (Å²) in [4.78, 5) is 5.19. The van der Waals surface area contributed by atoms with E-state index in [0.29, 0.717) is 17.2 Å². The summed E-state index contributed by atoms with van der Waals surface area (Å²) in [6.45, 7) is 3.39. The Morgan fingerprint density at radius 3 is 2.27 bits per heavy atom. The van der Waals surface area contributed by atoms with E-state index < -0.39 is 0 Å². The second-order valence-corrected chi connectivity index (χ2v) is 8.66. The third kappa shape index (κ3) is 2.44. The number of ether oxygens (including phenoxy) is 1. The number of rotatable bonds is 3. The molecule has 2 heterocycles. The van der Waals surface area contributed by atoms with Crippen LogP contribution in [0.4, 0.5) is 0 Å². The molecule has 0 amide bonds. The van der Waals surface area contributed by atoms with E-state index in [-0.39, 0.29) is 0 Å². The molecule has 1 spiro atoms. The van der Waals surface area contributed by atoms with Gasteiger partial charge in [-0.05, 0) is 70.4 Å². The van der Waals surface area contributed by atoms with Crippen LogP contribution in [0.1, 0.15) is 57.8 Å². The Balaban J connectivity index is 1.42. The second kappa shape index (κ2) is 5.75. The Hall–Kier alpha value is -0.120. The minimum absolute atomic E-state index is 0.342. The molecule has 3 nitrogen and oxygen atoms in total. The molecule has 0 aromatic rings. The molecule has 2 aliphatic carbocycles. The van der Waals surface area contributed by atoms with Gasteiger partial charge in [-0.3, -0.25) is 4.90 Å². The first-order valence-electron chi connectivity index (χ1n) is 9.50. The third-order valence-electron chi connectivity index (χ3n) is 7.57. The average molecular weight is 305 g/mol. The summed E-state index contributed by atoms with van der Waals surface area (Å²) in [6, 6.07) is 0. The lowest BCUT2D eigenvalue weighted by atomic mass is 9.62. The van der Waals surface area contributed by atoms with Gasteiger partial charge in [0.05, 0.1) is 6.61 Å². The molecule has 0 bridgehead atoms. The Morgan fingerprint density at radius 1 is 1.05 bits per heavy atom. The average Bonchev–Trinajstić information content (AvgIpc) is 3.09. The van der Waals surface area contributed by atoms with E-state index in [1.807, 2.05) is 0 Å². The Labute approximate surface area is 136 Å². The third-order valence-corrected chi connectivity index (χ3v) is 7.57. The molecule has 0 aromatic carbocycles. The van der Waals surface area contributed by atoms with E-state index in [1.165, 1.54) is 70.9 Å². The fraction of sp³-hybridized carbons (Fsp3) is 0.947. The largest absolute Gasteiger partial charge is 0.362 e. The van der Waals surface area contributed by atoms with E-state index in [2.05, 4.69) is 30.3 Å². The van der Waals surface area contributed by atoms with Crippen LogP contribution in [0.25, 0.3) is 0 Å². The van der Waals surface area contributed by atoms with Crippen molar-refractivity contribution in [3.05, 3.63) is 6.42 Å². The molecule has 125 valence electrons. The van der Waals surface area contributed by atoms with Gasteiger partial charge >= 0.3 is 0 Å². The number of hydrogen-bond donors (Lipinski definition) is 0. The molecule has 4 fully saturated rings. The predicted molar refractivity (Wildman–Crippen MR) is 89.5 cm³/mol. The summed E-state index contributed by atoms with van der Waals surface area (Å²) < 4.78 is 5.67. The Morgan fingerprint density at radius 2 is 1.73 bits per heavy atom. The van der Waals surface area contributed by atoms with Gasteiger partial charge in [0.25, 0.3) is 0 Å². The molecule has 1 atom stereocenters. The van der Waals surface area contributed by atoms with Crippen molar-refractivity contribution in [2.75, 3.05) is 33.8 Å². The molecule has 0 aromatic heterocycles. The molecule has 0 N–H and O–H groups in total. The van der Waals surface area contributed by atoms with Gasteiger partial charge in [0, 0.05) is 25.0 Å². The van der Waals surface area contributed by atoms with Crippen molar-refractivity contribution in [2.24, 2.45) is 11.3 Å². The van der Waals surface area contributed by atoms with Gasteiger partial charge in [0.15, 0.2) is 0 Å². The van der Waals surface area contributed by atoms with Crippen LogP contribution in [0.15, 0.2) is 0 Å². The van der Waals surface area contributed by atoms with E-state index in [0.717, 1.165) is 12.5 Å². The smallest absolute Gasteiger partial charge is 0.116 e. The van der Waals surface area contributed by atoms with Crippen LogP contribution < -0.4 is 0 Å². The van der Waals surface area contributed by atoms with Gasteiger partial charge in [-0.15, -0.1) is 0 Å². The molecule has 4 aliphatic rings. The first-order valence-corrected chi connectivity index (χ1v) is 9.50. The quantitative estimate of drug-likeness (QED) is 0.795. The van der Waals surface area contributed by atoms with Crippen LogP contribution in [-0.2, 0) is 4.74 Å². The van der Waals surface area contributed by atoms with Crippen LogP contribution in [0.2, 0.25) is 0 Å². The van der Waals surface area contributed by atoms with Crippen LogP contribution in [0.5, 0.6) is 0 Å². The van der Waals surface area contributed by atoms with Crippen molar-refractivity contribution in [1.82, 2.24) is 9.80 Å². The van der Waals surface area contributed by atoms with Crippen molar-refractivity contribution in [3.8, 4) is 0 Å². The van der Waals surface area contributed by atoms with Crippen molar-refractivity contribution < 1.29 is 4.74 Å². The van der Waals surface area contributed by atoms with E-state index >= 15 is 0 Å². The van der Waals surface area contributed by atoms with Crippen LogP contribution in [0.3, 0.4) is 0 Å². The summed E-state index contributed by atoms with van der Waals surface area (Å²) in [5.41, 5.74) is 1.11. The maximum atomic E-state index is 5.67. The number of nitrogens with zero attached hydrogens (tertiary/aromatic N) is 2. The summed E-state index contributed by atoms with van der Waals surface area (Å²) in [5, 5.41) is 0. The molecular weight excluding hydrogens is 272 g/mol.